The van der Waals surface area contributed by atoms with Crippen molar-refractivity contribution in [3.63, 3.8) is 0 Å². The fourth-order valence-corrected chi connectivity index (χ4v) is 5.68. The van der Waals surface area contributed by atoms with Gasteiger partial charge >= 0.3 is 16.4 Å². The number of hydrogen-bond donors (Lipinski definition) is 1. The Morgan fingerprint density at radius 1 is 1.04 bits per heavy atom. The normalized spacial score (nSPS) is 12.4. The van der Waals surface area contributed by atoms with Gasteiger partial charge in [-0.3, -0.25) is 0 Å². The average molecular weight is 676 g/mol. The molecule has 2 aromatic carbocycles. The van der Waals surface area contributed by atoms with E-state index in [1.807, 2.05) is 33.0 Å². The van der Waals surface area contributed by atoms with Gasteiger partial charge < -0.3 is 29.9 Å². The summed E-state index contributed by atoms with van der Waals surface area (Å²) in [5.74, 6) is 0.518. The van der Waals surface area contributed by atoms with Gasteiger partial charge in [0.2, 0.25) is 5.95 Å². The number of likely N-dealkylation sites (N-methyl/N-ethyl adjacent to an activating group) is 2. The first-order chi connectivity index (χ1) is 22.1. The smallest absolute Gasteiger partial charge is 0.419 e. The van der Waals surface area contributed by atoms with Gasteiger partial charge in [0, 0.05) is 75.4 Å². The van der Waals surface area contributed by atoms with Crippen LogP contribution in [-0.4, -0.2) is 94.1 Å². The SMILES string of the molecule is CC=C[N-]c1cc(Nc2ncc(C(F)(F)F)c(-c3cn(S(=O)(=O)N(C)C)c4cc(OC)ccc34)n2)c(OC)cc1N(C)CCN(C)C. The topological polar surface area (TPSA) is 119 Å². The number of halogens is 3. The van der Waals surface area contributed by atoms with Gasteiger partial charge in [0.1, 0.15) is 17.1 Å². The molecule has 0 saturated carbocycles. The maximum Gasteiger partial charge on any atom is 0.419 e. The Labute approximate surface area is 272 Å². The van der Waals surface area contributed by atoms with Crippen LogP contribution in [0.2, 0.25) is 0 Å². The fraction of sp³-hybridized carbons (Fsp3) is 0.355. The molecule has 0 fully saturated rings. The van der Waals surface area contributed by atoms with Gasteiger partial charge in [-0.15, -0.1) is 11.8 Å². The van der Waals surface area contributed by atoms with Gasteiger partial charge in [-0.25, -0.2) is 13.9 Å². The lowest BCUT2D eigenvalue weighted by Gasteiger charge is -2.31. The predicted molar refractivity (Wildman–Crippen MR) is 178 cm³/mol. The molecule has 0 aliphatic heterocycles. The minimum atomic E-state index is -4.86. The molecule has 0 aliphatic carbocycles. The molecule has 2 aromatic heterocycles. The number of aromatic nitrogens is 3. The van der Waals surface area contributed by atoms with Crippen molar-refractivity contribution in [1.29, 1.82) is 0 Å². The second-order valence-corrected chi connectivity index (χ2v) is 13.0. The minimum Gasteiger partial charge on any atom is -0.663 e. The number of methoxy groups -OCH3 is 2. The highest BCUT2D eigenvalue weighted by atomic mass is 32.2. The molecule has 0 unspecified atom stereocenters. The number of fused-ring (bicyclic) bond motifs is 1. The Hall–Kier alpha value is -4.54. The number of ether oxygens (including phenoxy) is 2. The maximum absolute atomic E-state index is 14.4. The molecule has 16 heteroatoms. The third-order valence-corrected chi connectivity index (χ3v) is 8.96. The van der Waals surface area contributed by atoms with E-state index in [1.54, 1.807) is 24.4 Å². The molecular formula is C31H38F3N8O4S-. The molecule has 254 valence electrons. The standard InChI is InChI=1S/C31H38F3N8O4S/c1-9-12-35-24-16-25(28(46-8)17-27(24)41(6)14-13-39(2)3)37-30-36-18-23(31(32,33)34)29(38-30)22-19-42(47(43,44)40(4)5)26-15-20(45-7)10-11-21(22)26/h9-12,15-19H,13-14H2,1-8H3,(H,36,37,38)/q-1. The molecule has 0 saturated heterocycles. The van der Waals surface area contributed by atoms with Crippen molar-refractivity contribution >= 4 is 44.1 Å². The summed E-state index contributed by atoms with van der Waals surface area (Å²) in [7, 11) is 7.24. The zero-order valence-electron chi connectivity index (χ0n) is 27.4. The number of alkyl halides is 3. The molecular weight excluding hydrogens is 637 g/mol. The molecule has 0 amide bonds. The number of nitrogens with zero attached hydrogens (tertiary/aromatic N) is 7. The second kappa shape index (κ2) is 14.1. The highest BCUT2D eigenvalue weighted by molar-refractivity contribution is 7.87. The third kappa shape index (κ3) is 7.55. The number of anilines is 3. The number of allylic oxidation sites excluding steroid dienone is 1. The van der Waals surface area contributed by atoms with E-state index in [0.717, 1.165) is 26.7 Å². The first-order valence-corrected chi connectivity index (χ1v) is 15.8. The van der Waals surface area contributed by atoms with Crippen LogP contribution in [0.25, 0.3) is 27.5 Å². The summed E-state index contributed by atoms with van der Waals surface area (Å²) < 4.78 is 82.5. The van der Waals surface area contributed by atoms with Crippen molar-refractivity contribution in [1.82, 2.24) is 23.1 Å². The molecule has 0 atom stereocenters. The Balaban J connectivity index is 1.90. The minimum absolute atomic E-state index is 0.0699. The molecule has 1 N–H and O–H groups in total. The molecule has 47 heavy (non-hydrogen) atoms. The summed E-state index contributed by atoms with van der Waals surface area (Å²) in [5, 5.41) is 7.75. The van der Waals surface area contributed by atoms with Crippen LogP contribution < -0.4 is 19.7 Å². The van der Waals surface area contributed by atoms with E-state index < -0.39 is 27.6 Å². The molecule has 12 nitrogen and oxygen atoms in total. The summed E-state index contributed by atoms with van der Waals surface area (Å²) in [6.07, 6.45) is 0.333. The first-order valence-electron chi connectivity index (χ1n) is 14.4. The Morgan fingerprint density at radius 3 is 2.36 bits per heavy atom. The quantitative estimate of drug-likeness (QED) is 0.180. The number of hydrogen-bond acceptors (Lipinski definition) is 9. The van der Waals surface area contributed by atoms with E-state index in [0.29, 0.717) is 35.6 Å². The van der Waals surface area contributed by atoms with Gasteiger partial charge in [0.25, 0.3) is 0 Å². The molecule has 0 spiro atoms. The highest BCUT2D eigenvalue weighted by Gasteiger charge is 2.37. The molecule has 0 aliphatic rings. The number of rotatable bonds is 13. The number of benzene rings is 2. The largest absolute Gasteiger partial charge is 0.663 e. The zero-order chi connectivity index (χ0) is 34.7. The maximum atomic E-state index is 14.4. The summed E-state index contributed by atoms with van der Waals surface area (Å²) in [4.78, 5) is 12.4. The van der Waals surface area contributed by atoms with Gasteiger partial charge in [0.15, 0.2) is 0 Å². The van der Waals surface area contributed by atoms with E-state index in [2.05, 4.69) is 25.5 Å². The van der Waals surface area contributed by atoms with Crippen molar-refractivity contribution < 1.29 is 31.1 Å². The second-order valence-electron chi connectivity index (χ2n) is 11.0. The van der Waals surface area contributed by atoms with Gasteiger partial charge in [-0.1, -0.05) is 0 Å². The van der Waals surface area contributed by atoms with E-state index in [4.69, 9.17) is 9.47 Å². The van der Waals surface area contributed by atoms with Crippen LogP contribution in [-0.2, 0) is 16.4 Å². The highest BCUT2D eigenvalue weighted by Crippen LogP contribution is 2.43. The van der Waals surface area contributed by atoms with Crippen molar-refractivity contribution in [2.24, 2.45) is 0 Å². The number of nitrogens with one attached hydrogen (secondary N) is 1. The summed E-state index contributed by atoms with van der Waals surface area (Å²) in [6.45, 7) is 3.30. The fourth-order valence-electron chi connectivity index (χ4n) is 4.69. The van der Waals surface area contributed by atoms with Crippen LogP contribution in [0, 0.1) is 0 Å². The van der Waals surface area contributed by atoms with Crippen molar-refractivity contribution in [3.05, 3.63) is 65.9 Å². The van der Waals surface area contributed by atoms with E-state index in [-0.39, 0.29) is 22.4 Å². The lowest BCUT2D eigenvalue weighted by atomic mass is 10.1. The van der Waals surface area contributed by atoms with Crippen LogP contribution in [0.15, 0.2) is 55.0 Å². The van der Waals surface area contributed by atoms with Crippen LogP contribution >= 0.6 is 0 Å². The molecule has 2 heterocycles. The van der Waals surface area contributed by atoms with Crippen LogP contribution in [0.4, 0.5) is 36.2 Å². The van der Waals surface area contributed by atoms with Crippen molar-refractivity contribution in [2.75, 3.05) is 72.8 Å². The molecule has 4 rings (SSSR count). The lowest BCUT2D eigenvalue weighted by Crippen LogP contribution is -2.28. The van der Waals surface area contributed by atoms with Crippen LogP contribution in [0.1, 0.15) is 12.5 Å². The third-order valence-electron chi connectivity index (χ3n) is 7.24. The summed E-state index contributed by atoms with van der Waals surface area (Å²) >= 11 is 0. The van der Waals surface area contributed by atoms with E-state index in [9.17, 15) is 21.6 Å². The monoisotopic (exact) mass is 675 g/mol. The molecule has 0 bridgehead atoms. The zero-order valence-corrected chi connectivity index (χ0v) is 28.2. The van der Waals surface area contributed by atoms with Gasteiger partial charge in [-0.05, 0) is 39.2 Å². The predicted octanol–water partition coefficient (Wildman–Crippen LogP) is 6.07. The average Bonchev–Trinajstić information content (AvgIpc) is 3.41. The lowest BCUT2D eigenvalue weighted by molar-refractivity contribution is -0.137. The Morgan fingerprint density at radius 2 is 1.77 bits per heavy atom. The van der Waals surface area contributed by atoms with Gasteiger partial charge in [-0.2, -0.15) is 32.1 Å². The van der Waals surface area contributed by atoms with Crippen LogP contribution in [0.5, 0.6) is 11.5 Å². The summed E-state index contributed by atoms with van der Waals surface area (Å²) in [6, 6.07) is 7.93. The van der Waals surface area contributed by atoms with Gasteiger partial charge in [0.05, 0.1) is 31.1 Å². The molecule has 4 aromatic rings. The summed E-state index contributed by atoms with van der Waals surface area (Å²) in [5.41, 5.74) is 0.0788. The van der Waals surface area contributed by atoms with Crippen molar-refractivity contribution in [2.45, 2.75) is 13.1 Å². The van der Waals surface area contributed by atoms with E-state index >= 15 is 0 Å². The van der Waals surface area contributed by atoms with E-state index in [1.165, 1.54) is 46.5 Å². The first kappa shape index (κ1) is 35.3. The Bertz CT molecular complexity index is 1870. The molecule has 0 radical (unpaired) electrons. The Kier molecular flexibility index (Phi) is 10.6. The van der Waals surface area contributed by atoms with Crippen molar-refractivity contribution in [3.8, 4) is 22.8 Å². The van der Waals surface area contributed by atoms with Crippen LogP contribution in [0.3, 0.4) is 0 Å².